The van der Waals surface area contributed by atoms with Gasteiger partial charge >= 0.3 is 0 Å². The third kappa shape index (κ3) is 3.60. The first kappa shape index (κ1) is 18.1. The first-order valence-electron chi connectivity index (χ1n) is 10.1. The molecular weight excluding hydrogens is 338 g/mol. The number of carbonyl (C=O) groups excluding carboxylic acids is 1. The molecule has 144 valence electrons. The van der Waals surface area contributed by atoms with Crippen molar-refractivity contribution >= 4 is 12.0 Å². The summed E-state index contributed by atoms with van der Waals surface area (Å²) in [5, 5.41) is 4.12. The molecule has 0 N–H and O–H groups in total. The molecule has 1 amide bonds. The number of rotatable bonds is 3. The van der Waals surface area contributed by atoms with Crippen molar-refractivity contribution in [2.45, 2.75) is 52.9 Å². The predicted molar refractivity (Wildman–Crippen MR) is 106 cm³/mol. The first-order chi connectivity index (χ1) is 13.0. The average molecular weight is 367 g/mol. The van der Waals surface area contributed by atoms with Crippen molar-refractivity contribution in [3.8, 4) is 5.82 Å². The standard InChI is InChI=1S/C22H29N3O2/c1-15-12-19(17(3)25(15)21-13-16(2)27-23-21)8-9-22(26)24-11-10-18-6-4-5-7-20(18)14-24/h8-9,12-13,18,20H,4-7,10-11,14H2,1-3H3/b9-8+/t18-,20+/m0/s1. The zero-order valence-corrected chi connectivity index (χ0v) is 16.6. The molecule has 0 bridgehead atoms. The molecule has 3 heterocycles. The Balaban J connectivity index is 1.47. The third-order valence-corrected chi connectivity index (χ3v) is 6.32. The van der Waals surface area contributed by atoms with Crippen LogP contribution in [0.1, 0.15) is 54.8 Å². The Morgan fingerprint density at radius 2 is 1.93 bits per heavy atom. The van der Waals surface area contributed by atoms with Gasteiger partial charge in [0.25, 0.3) is 0 Å². The van der Waals surface area contributed by atoms with E-state index in [1.54, 1.807) is 6.08 Å². The van der Waals surface area contributed by atoms with Crippen molar-refractivity contribution in [3.63, 3.8) is 0 Å². The number of aryl methyl sites for hydroxylation is 2. The normalized spacial score (nSPS) is 23.0. The third-order valence-electron chi connectivity index (χ3n) is 6.32. The molecule has 2 aliphatic rings. The lowest BCUT2D eigenvalue weighted by Gasteiger charge is -2.41. The zero-order chi connectivity index (χ0) is 19.0. The second-order valence-corrected chi connectivity index (χ2v) is 8.17. The summed E-state index contributed by atoms with van der Waals surface area (Å²) in [7, 11) is 0. The van der Waals surface area contributed by atoms with Gasteiger partial charge in [-0.3, -0.25) is 9.36 Å². The van der Waals surface area contributed by atoms with Crippen molar-refractivity contribution in [2.75, 3.05) is 13.1 Å². The van der Waals surface area contributed by atoms with Crippen molar-refractivity contribution in [3.05, 3.63) is 40.9 Å². The highest BCUT2D eigenvalue weighted by Gasteiger charge is 2.32. The van der Waals surface area contributed by atoms with Gasteiger partial charge in [-0.2, -0.15) is 0 Å². The number of nitrogens with zero attached hydrogens (tertiary/aromatic N) is 3. The van der Waals surface area contributed by atoms with E-state index in [4.69, 9.17) is 4.52 Å². The molecule has 5 heteroatoms. The van der Waals surface area contributed by atoms with Gasteiger partial charge in [0.1, 0.15) is 5.76 Å². The number of carbonyl (C=O) groups is 1. The van der Waals surface area contributed by atoms with Crippen LogP contribution in [0, 0.1) is 32.6 Å². The van der Waals surface area contributed by atoms with Gasteiger partial charge in [-0.1, -0.05) is 24.4 Å². The van der Waals surface area contributed by atoms with Gasteiger partial charge in [-0.05, 0) is 63.2 Å². The fraction of sp³-hybridized carbons (Fsp3) is 0.545. The second kappa shape index (κ2) is 7.37. The molecule has 1 saturated carbocycles. The van der Waals surface area contributed by atoms with Crippen LogP contribution in [-0.2, 0) is 4.79 Å². The van der Waals surface area contributed by atoms with Gasteiger partial charge in [0.2, 0.25) is 5.91 Å². The first-order valence-corrected chi connectivity index (χ1v) is 10.1. The maximum atomic E-state index is 12.7. The SMILES string of the molecule is Cc1cc(-n2c(C)cc(/C=C/C(=O)N3CC[C@@H]4CCCC[C@@H]4C3)c2C)no1. The fourth-order valence-electron chi connectivity index (χ4n) is 4.84. The van der Waals surface area contributed by atoms with Crippen LogP contribution in [0.15, 0.2) is 22.7 Å². The molecule has 1 aliphatic carbocycles. The van der Waals surface area contributed by atoms with Gasteiger partial charge in [0, 0.05) is 36.6 Å². The van der Waals surface area contributed by atoms with Gasteiger partial charge in [0.15, 0.2) is 5.82 Å². The molecule has 4 rings (SSSR count). The Bertz CT molecular complexity index is 861. The molecule has 0 radical (unpaired) electrons. The lowest BCUT2D eigenvalue weighted by molar-refractivity contribution is -0.128. The monoisotopic (exact) mass is 367 g/mol. The number of aromatic nitrogens is 2. The molecule has 0 aromatic carbocycles. The van der Waals surface area contributed by atoms with E-state index < -0.39 is 0 Å². The van der Waals surface area contributed by atoms with Gasteiger partial charge in [-0.15, -0.1) is 0 Å². The molecule has 1 saturated heterocycles. The molecule has 5 nitrogen and oxygen atoms in total. The molecule has 0 unspecified atom stereocenters. The number of hydrogen-bond acceptors (Lipinski definition) is 3. The fourth-order valence-corrected chi connectivity index (χ4v) is 4.84. The minimum absolute atomic E-state index is 0.140. The van der Waals surface area contributed by atoms with Crippen LogP contribution in [0.2, 0.25) is 0 Å². The van der Waals surface area contributed by atoms with E-state index in [1.165, 1.54) is 32.1 Å². The van der Waals surface area contributed by atoms with Crippen LogP contribution in [0.25, 0.3) is 11.9 Å². The van der Waals surface area contributed by atoms with Crippen LogP contribution in [0.4, 0.5) is 0 Å². The molecule has 1 aliphatic heterocycles. The predicted octanol–water partition coefficient (Wildman–Crippen LogP) is 4.44. The molecular formula is C22H29N3O2. The Morgan fingerprint density at radius 1 is 1.15 bits per heavy atom. The highest BCUT2D eigenvalue weighted by atomic mass is 16.5. The number of amides is 1. The van der Waals surface area contributed by atoms with Crippen LogP contribution in [0.5, 0.6) is 0 Å². The maximum absolute atomic E-state index is 12.7. The van der Waals surface area contributed by atoms with Crippen molar-refractivity contribution in [1.82, 2.24) is 14.6 Å². The Morgan fingerprint density at radius 3 is 2.67 bits per heavy atom. The van der Waals surface area contributed by atoms with Crippen LogP contribution >= 0.6 is 0 Å². The second-order valence-electron chi connectivity index (χ2n) is 8.17. The van der Waals surface area contributed by atoms with E-state index in [0.717, 1.165) is 47.5 Å². The highest BCUT2D eigenvalue weighted by molar-refractivity contribution is 5.92. The van der Waals surface area contributed by atoms with E-state index in [1.807, 2.05) is 30.9 Å². The van der Waals surface area contributed by atoms with Crippen molar-refractivity contribution in [1.29, 1.82) is 0 Å². The summed E-state index contributed by atoms with van der Waals surface area (Å²) in [5.74, 6) is 3.27. The number of fused-ring (bicyclic) bond motifs is 1. The van der Waals surface area contributed by atoms with Crippen molar-refractivity contribution in [2.24, 2.45) is 11.8 Å². The van der Waals surface area contributed by atoms with Crippen LogP contribution < -0.4 is 0 Å². The van der Waals surface area contributed by atoms with Crippen LogP contribution in [0.3, 0.4) is 0 Å². The quantitative estimate of drug-likeness (QED) is 0.754. The lowest BCUT2D eigenvalue weighted by Crippen LogP contribution is -2.44. The van der Waals surface area contributed by atoms with Gasteiger partial charge in [-0.25, -0.2) is 0 Å². The summed E-state index contributed by atoms with van der Waals surface area (Å²) < 4.78 is 7.27. The summed E-state index contributed by atoms with van der Waals surface area (Å²) in [5.41, 5.74) is 3.20. The molecule has 0 spiro atoms. The lowest BCUT2D eigenvalue weighted by atomic mass is 9.75. The van der Waals surface area contributed by atoms with E-state index in [9.17, 15) is 4.79 Å². The maximum Gasteiger partial charge on any atom is 0.246 e. The summed E-state index contributed by atoms with van der Waals surface area (Å²) in [6.45, 7) is 7.82. The number of piperidine rings is 1. The molecule has 2 aromatic rings. The molecule has 27 heavy (non-hydrogen) atoms. The number of likely N-dealkylation sites (tertiary alicyclic amines) is 1. The van der Waals surface area contributed by atoms with E-state index in [2.05, 4.69) is 22.7 Å². The summed E-state index contributed by atoms with van der Waals surface area (Å²) in [6, 6.07) is 4.02. The zero-order valence-electron chi connectivity index (χ0n) is 16.6. The van der Waals surface area contributed by atoms with Gasteiger partial charge < -0.3 is 9.42 Å². The Labute approximate surface area is 161 Å². The summed E-state index contributed by atoms with van der Waals surface area (Å²) in [4.78, 5) is 14.8. The average Bonchev–Trinajstić information content (AvgIpc) is 3.21. The Hall–Kier alpha value is -2.30. The van der Waals surface area contributed by atoms with E-state index >= 15 is 0 Å². The number of hydrogen-bond donors (Lipinski definition) is 0. The Kier molecular flexibility index (Phi) is 4.94. The minimum atomic E-state index is 0.140. The summed E-state index contributed by atoms with van der Waals surface area (Å²) >= 11 is 0. The minimum Gasteiger partial charge on any atom is -0.360 e. The van der Waals surface area contributed by atoms with E-state index in [-0.39, 0.29) is 5.91 Å². The van der Waals surface area contributed by atoms with E-state index in [0.29, 0.717) is 5.92 Å². The topological polar surface area (TPSA) is 51.3 Å². The molecule has 2 aromatic heterocycles. The highest BCUT2D eigenvalue weighted by Crippen LogP contribution is 2.36. The van der Waals surface area contributed by atoms with Crippen molar-refractivity contribution < 1.29 is 9.32 Å². The smallest absolute Gasteiger partial charge is 0.246 e. The van der Waals surface area contributed by atoms with Crippen LogP contribution in [-0.4, -0.2) is 33.6 Å². The summed E-state index contributed by atoms with van der Waals surface area (Å²) in [6.07, 6.45) is 10.2. The molecule has 2 atom stereocenters. The van der Waals surface area contributed by atoms with Gasteiger partial charge in [0.05, 0.1) is 0 Å². The molecule has 2 fully saturated rings. The largest absolute Gasteiger partial charge is 0.360 e.